The van der Waals surface area contributed by atoms with Crippen molar-refractivity contribution >= 4 is 23.2 Å². The third-order valence-electron chi connectivity index (χ3n) is 4.18. The van der Waals surface area contributed by atoms with E-state index in [9.17, 15) is 9.59 Å². The van der Waals surface area contributed by atoms with Crippen LogP contribution in [0.2, 0.25) is 0 Å². The van der Waals surface area contributed by atoms with Gasteiger partial charge in [0.25, 0.3) is 5.91 Å². The van der Waals surface area contributed by atoms with Crippen LogP contribution in [0.25, 0.3) is 0 Å². The molecule has 1 atom stereocenters. The predicted molar refractivity (Wildman–Crippen MR) is 103 cm³/mol. The zero-order valence-corrected chi connectivity index (χ0v) is 15.4. The fourth-order valence-corrected chi connectivity index (χ4v) is 2.93. The van der Waals surface area contributed by atoms with Crippen molar-refractivity contribution in [3.8, 4) is 11.5 Å². The van der Waals surface area contributed by atoms with E-state index >= 15 is 0 Å². The van der Waals surface area contributed by atoms with Crippen LogP contribution in [0, 0.1) is 0 Å². The van der Waals surface area contributed by atoms with E-state index in [4.69, 9.17) is 9.47 Å². The Balaban J connectivity index is 1.69. The minimum absolute atomic E-state index is 0.112. The summed E-state index contributed by atoms with van der Waals surface area (Å²) in [6.45, 7) is 2.92. The molecule has 0 radical (unpaired) electrons. The monoisotopic (exact) mass is 369 g/mol. The molecule has 0 unspecified atom stereocenters. The van der Waals surface area contributed by atoms with E-state index in [2.05, 4.69) is 10.6 Å². The lowest BCUT2D eigenvalue weighted by Crippen LogP contribution is -2.50. The smallest absolute Gasteiger partial charge is 0.262 e. The number of likely N-dealkylation sites (N-methyl/N-ethyl adjacent to an activating group) is 1. The van der Waals surface area contributed by atoms with Gasteiger partial charge in [0, 0.05) is 12.7 Å². The average Bonchev–Trinajstić information content (AvgIpc) is 2.69. The van der Waals surface area contributed by atoms with Crippen molar-refractivity contribution in [1.29, 1.82) is 0 Å². The normalized spacial score (nSPS) is 15.3. The van der Waals surface area contributed by atoms with Crippen LogP contribution in [-0.2, 0) is 9.59 Å². The Morgan fingerprint density at radius 2 is 1.93 bits per heavy atom. The van der Waals surface area contributed by atoms with Crippen LogP contribution in [0.5, 0.6) is 11.5 Å². The first-order valence-corrected chi connectivity index (χ1v) is 8.85. The first kappa shape index (κ1) is 18.6. The number of para-hydroxylation sites is 2. The van der Waals surface area contributed by atoms with Gasteiger partial charge in [-0.05, 0) is 43.3 Å². The van der Waals surface area contributed by atoms with Crippen LogP contribution < -0.4 is 25.0 Å². The zero-order chi connectivity index (χ0) is 19.2. The molecule has 3 rings (SSSR count). The summed E-state index contributed by atoms with van der Waals surface area (Å²) in [4.78, 5) is 26.4. The predicted octanol–water partition coefficient (Wildman–Crippen LogP) is 2.04. The second-order valence-electron chi connectivity index (χ2n) is 6.07. The molecule has 2 aromatic carbocycles. The summed E-state index contributed by atoms with van der Waals surface area (Å²) in [7, 11) is 1.56. The van der Waals surface area contributed by atoms with Crippen LogP contribution in [-0.4, -0.2) is 44.7 Å². The number of hydrogen-bond acceptors (Lipinski definition) is 5. The van der Waals surface area contributed by atoms with Gasteiger partial charge in [-0.25, -0.2) is 0 Å². The fraction of sp³-hybridized carbons (Fsp3) is 0.300. The van der Waals surface area contributed by atoms with Crippen LogP contribution >= 0.6 is 0 Å². The summed E-state index contributed by atoms with van der Waals surface area (Å²) >= 11 is 0. The molecular weight excluding hydrogens is 346 g/mol. The summed E-state index contributed by atoms with van der Waals surface area (Å²) in [5.74, 6) is 0.949. The lowest BCUT2D eigenvalue weighted by Gasteiger charge is -2.34. The second kappa shape index (κ2) is 8.44. The van der Waals surface area contributed by atoms with Gasteiger partial charge in [0.2, 0.25) is 5.91 Å². The van der Waals surface area contributed by atoms with E-state index in [-0.39, 0.29) is 18.4 Å². The highest BCUT2D eigenvalue weighted by molar-refractivity contribution is 5.95. The van der Waals surface area contributed by atoms with Gasteiger partial charge in [-0.1, -0.05) is 12.1 Å². The van der Waals surface area contributed by atoms with Crippen molar-refractivity contribution in [3.05, 3.63) is 48.5 Å². The lowest BCUT2D eigenvalue weighted by atomic mass is 10.1. The summed E-state index contributed by atoms with van der Waals surface area (Å²) in [6.07, 6.45) is -0.664. The zero-order valence-electron chi connectivity index (χ0n) is 15.4. The number of rotatable bonds is 6. The van der Waals surface area contributed by atoms with E-state index in [0.717, 1.165) is 11.4 Å². The molecule has 2 aromatic rings. The van der Waals surface area contributed by atoms with Gasteiger partial charge in [-0.3, -0.25) is 9.59 Å². The van der Waals surface area contributed by atoms with Gasteiger partial charge in [-0.15, -0.1) is 0 Å². The third kappa shape index (κ3) is 4.49. The number of fused-ring (bicyclic) bond motifs is 1. The number of ether oxygens (including phenoxy) is 2. The molecule has 1 heterocycles. The number of carbonyl (C=O) groups excluding carboxylic acids is 2. The molecule has 1 aliphatic heterocycles. The highest BCUT2D eigenvalue weighted by Gasteiger charge is 2.30. The molecule has 0 fully saturated rings. The van der Waals surface area contributed by atoms with E-state index in [1.807, 2.05) is 42.2 Å². The minimum Gasteiger partial charge on any atom is -0.494 e. The minimum atomic E-state index is -0.664. The molecule has 27 heavy (non-hydrogen) atoms. The first-order valence-electron chi connectivity index (χ1n) is 8.85. The molecule has 0 spiro atoms. The Labute approximate surface area is 158 Å². The highest BCUT2D eigenvalue weighted by atomic mass is 16.5. The number of carbonyl (C=O) groups is 2. The quantitative estimate of drug-likeness (QED) is 0.815. The van der Waals surface area contributed by atoms with Crippen LogP contribution in [0.3, 0.4) is 0 Å². The maximum absolute atomic E-state index is 12.5. The van der Waals surface area contributed by atoms with Gasteiger partial charge in [-0.2, -0.15) is 0 Å². The lowest BCUT2D eigenvalue weighted by molar-refractivity contribution is -0.127. The van der Waals surface area contributed by atoms with Crippen molar-refractivity contribution in [2.45, 2.75) is 13.0 Å². The molecule has 0 aromatic heterocycles. The molecule has 0 saturated heterocycles. The molecule has 7 nitrogen and oxygen atoms in total. The van der Waals surface area contributed by atoms with Gasteiger partial charge in [0.05, 0.1) is 25.4 Å². The summed E-state index contributed by atoms with van der Waals surface area (Å²) in [5.41, 5.74) is 1.48. The van der Waals surface area contributed by atoms with Gasteiger partial charge in [0.15, 0.2) is 6.10 Å². The molecule has 142 valence electrons. The summed E-state index contributed by atoms with van der Waals surface area (Å²) in [5, 5.41) is 5.46. The Hall–Kier alpha value is -3.22. The Kier molecular flexibility index (Phi) is 5.80. The maximum atomic E-state index is 12.5. The van der Waals surface area contributed by atoms with E-state index in [1.54, 1.807) is 25.2 Å². The maximum Gasteiger partial charge on any atom is 0.262 e. The first-order chi connectivity index (χ1) is 13.1. The number of anilines is 2. The van der Waals surface area contributed by atoms with E-state index < -0.39 is 6.10 Å². The molecule has 7 heteroatoms. The molecule has 1 aliphatic rings. The number of amides is 2. The number of nitrogens with one attached hydrogen (secondary N) is 2. The number of benzene rings is 2. The SMILES string of the molecule is CCOc1ccc(NC(=O)CN2C[C@@H](C(=O)NC)Oc3ccccc32)cc1. The molecule has 0 saturated carbocycles. The van der Waals surface area contributed by atoms with Crippen molar-refractivity contribution in [2.24, 2.45) is 0 Å². The average molecular weight is 369 g/mol. The summed E-state index contributed by atoms with van der Waals surface area (Å²) in [6, 6.07) is 14.6. The van der Waals surface area contributed by atoms with Gasteiger partial charge < -0.3 is 25.0 Å². The largest absolute Gasteiger partial charge is 0.494 e. The fourth-order valence-electron chi connectivity index (χ4n) is 2.93. The summed E-state index contributed by atoms with van der Waals surface area (Å²) < 4.78 is 11.2. The van der Waals surface area contributed by atoms with E-state index in [0.29, 0.717) is 24.6 Å². The molecule has 2 amide bonds. The third-order valence-corrected chi connectivity index (χ3v) is 4.18. The number of hydrogen-bond donors (Lipinski definition) is 2. The van der Waals surface area contributed by atoms with Crippen LogP contribution in [0.15, 0.2) is 48.5 Å². The van der Waals surface area contributed by atoms with Crippen LogP contribution in [0.1, 0.15) is 6.92 Å². The Morgan fingerprint density at radius 3 is 2.63 bits per heavy atom. The number of nitrogens with zero attached hydrogens (tertiary/aromatic N) is 1. The highest BCUT2D eigenvalue weighted by Crippen LogP contribution is 2.33. The molecular formula is C20H23N3O4. The van der Waals surface area contributed by atoms with Gasteiger partial charge >= 0.3 is 0 Å². The standard InChI is InChI=1S/C20H23N3O4/c1-3-26-15-10-8-14(9-11-15)22-19(24)13-23-12-18(20(25)21-2)27-17-7-5-4-6-16(17)23/h4-11,18H,3,12-13H2,1-2H3,(H,21,25)(H,22,24)/t18-/m0/s1. The molecule has 0 aliphatic carbocycles. The topological polar surface area (TPSA) is 79.9 Å². The molecule has 0 bridgehead atoms. The second-order valence-corrected chi connectivity index (χ2v) is 6.07. The van der Waals surface area contributed by atoms with Crippen molar-refractivity contribution in [3.63, 3.8) is 0 Å². The molecule has 2 N–H and O–H groups in total. The van der Waals surface area contributed by atoms with Crippen molar-refractivity contribution < 1.29 is 19.1 Å². The Bertz CT molecular complexity index is 807. The van der Waals surface area contributed by atoms with Crippen LogP contribution in [0.4, 0.5) is 11.4 Å². The van der Waals surface area contributed by atoms with E-state index in [1.165, 1.54) is 0 Å². The Morgan fingerprint density at radius 1 is 1.19 bits per heavy atom. The van der Waals surface area contributed by atoms with Gasteiger partial charge in [0.1, 0.15) is 11.5 Å². The van der Waals surface area contributed by atoms with Crippen molar-refractivity contribution in [2.75, 3.05) is 37.0 Å². The van der Waals surface area contributed by atoms with Crippen molar-refractivity contribution in [1.82, 2.24) is 5.32 Å².